The molecule has 0 amide bonds. The third kappa shape index (κ3) is 3.40. The van der Waals surface area contributed by atoms with Gasteiger partial charge in [-0.3, -0.25) is 0 Å². The van der Waals surface area contributed by atoms with Crippen LogP contribution in [0.25, 0.3) is 0 Å². The average molecular weight is 298 g/mol. The molecule has 1 aromatic heterocycles. The van der Waals surface area contributed by atoms with Crippen LogP contribution in [0.1, 0.15) is 30.6 Å². The number of aromatic nitrogens is 1. The molecular weight excluding hydrogens is 276 g/mol. The van der Waals surface area contributed by atoms with Crippen LogP contribution in [0.2, 0.25) is 0 Å². The molecule has 6 nitrogen and oxygen atoms in total. The Morgan fingerprint density at radius 1 is 1.60 bits per heavy atom. The monoisotopic (exact) mass is 298 g/mol. The molecule has 0 radical (unpaired) electrons. The first-order valence-electron chi connectivity index (χ1n) is 7.04. The Morgan fingerprint density at radius 2 is 2.40 bits per heavy atom. The van der Waals surface area contributed by atoms with E-state index in [4.69, 9.17) is 10.5 Å². The van der Waals surface area contributed by atoms with Crippen LogP contribution in [0.4, 0.5) is 10.8 Å². The van der Waals surface area contributed by atoms with Gasteiger partial charge >= 0.3 is 5.97 Å². The number of esters is 1. The molecule has 2 rings (SSSR count). The van der Waals surface area contributed by atoms with Crippen LogP contribution in [-0.2, 0) is 4.74 Å². The SMILES string of the molecule is CCOC(=O)c1c(N)nsc1NCC1CCN(CC)C1. The standard InChI is InChI=1S/C13H22N4O2S/c1-3-17-6-5-9(8-17)7-15-12-10(11(14)16-20-12)13(18)19-4-2/h9,15H,3-8H2,1-2H3,(H2,14,16). The van der Waals surface area contributed by atoms with Crippen molar-refractivity contribution >= 4 is 28.3 Å². The maximum absolute atomic E-state index is 11.9. The summed E-state index contributed by atoms with van der Waals surface area (Å²) in [5.41, 5.74) is 6.13. The maximum atomic E-state index is 11.9. The van der Waals surface area contributed by atoms with Gasteiger partial charge in [0.15, 0.2) is 5.82 Å². The van der Waals surface area contributed by atoms with Crippen molar-refractivity contribution in [2.24, 2.45) is 5.92 Å². The van der Waals surface area contributed by atoms with E-state index in [2.05, 4.69) is 21.5 Å². The number of hydrogen-bond donors (Lipinski definition) is 2. The van der Waals surface area contributed by atoms with Gasteiger partial charge in [0.2, 0.25) is 0 Å². The van der Waals surface area contributed by atoms with Crippen LogP contribution in [0.5, 0.6) is 0 Å². The van der Waals surface area contributed by atoms with Crippen LogP contribution < -0.4 is 11.1 Å². The van der Waals surface area contributed by atoms with Crippen LogP contribution >= 0.6 is 11.5 Å². The lowest BCUT2D eigenvalue weighted by Crippen LogP contribution is -2.22. The molecule has 1 saturated heterocycles. The van der Waals surface area contributed by atoms with Crippen molar-refractivity contribution in [1.82, 2.24) is 9.27 Å². The molecule has 1 unspecified atom stereocenters. The predicted molar refractivity (Wildman–Crippen MR) is 81.2 cm³/mol. The number of carbonyl (C=O) groups is 1. The number of rotatable bonds is 6. The zero-order valence-electron chi connectivity index (χ0n) is 12.0. The maximum Gasteiger partial charge on any atom is 0.344 e. The zero-order chi connectivity index (χ0) is 14.5. The second kappa shape index (κ2) is 6.90. The number of likely N-dealkylation sites (tertiary alicyclic amines) is 1. The smallest absolute Gasteiger partial charge is 0.344 e. The Balaban J connectivity index is 1.95. The minimum atomic E-state index is -0.400. The number of nitrogens with one attached hydrogen (secondary N) is 1. The van der Waals surface area contributed by atoms with Crippen molar-refractivity contribution in [3.05, 3.63) is 5.56 Å². The van der Waals surface area contributed by atoms with Gasteiger partial charge in [0.1, 0.15) is 10.6 Å². The summed E-state index contributed by atoms with van der Waals surface area (Å²) in [4.78, 5) is 14.3. The molecule has 1 aliphatic heterocycles. The Hall–Kier alpha value is -1.34. The molecule has 20 heavy (non-hydrogen) atoms. The van der Waals surface area contributed by atoms with Gasteiger partial charge in [0.25, 0.3) is 0 Å². The van der Waals surface area contributed by atoms with E-state index in [9.17, 15) is 4.79 Å². The normalized spacial score (nSPS) is 19.2. The molecule has 2 heterocycles. The van der Waals surface area contributed by atoms with E-state index in [0.717, 1.165) is 31.2 Å². The summed E-state index contributed by atoms with van der Waals surface area (Å²) >= 11 is 1.22. The van der Waals surface area contributed by atoms with Crippen molar-refractivity contribution in [3.63, 3.8) is 0 Å². The third-order valence-electron chi connectivity index (χ3n) is 3.57. The van der Waals surface area contributed by atoms with E-state index in [1.165, 1.54) is 18.0 Å². The Labute approximate surface area is 123 Å². The first-order chi connectivity index (χ1) is 9.65. The first-order valence-corrected chi connectivity index (χ1v) is 7.81. The fourth-order valence-electron chi connectivity index (χ4n) is 2.43. The van der Waals surface area contributed by atoms with Crippen LogP contribution in [-0.4, -0.2) is 48.0 Å². The minimum Gasteiger partial charge on any atom is -0.462 e. The van der Waals surface area contributed by atoms with Gasteiger partial charge in [-0.2, -0.15) is 4.37 Å². The molecule has 0 saturated carbocycles. The van der Waals surface area contributed by atoms with Crippen LogP contribution in [0.3, 0.4) is 0 Å². The highest BCUT2D eigenvalue weighted by molar-refractivity contribution is 7.11. The van der Waals surface area contributed by atoms with Crippen LogP contribution in [0, 0.1) is 5.92 Å². The topological polar surface area (TPSA) is 80.5 Å². The molecule has 112 valence electrons. The van der Waals surface area contributed by atoms with Crippen LogP contribution in [0.15, 0.2) is 0 Å². The molecule has 0 bridgehead atoms. The lowest BCUT2D eigenvalue weighted by Gasteiger charge is -2.14. The van der Waals surface area contributed by atoms with Crippen molar-refractivity contribution < 1.29 is 9.53 Å². The first kappa shape index (κ1) is 15.1. The quantitative estimate of drug-likeness (QED) is 0.777. The minimum absolute atomic E-state index is 0.248. The Morgan fingerprint density at radius 3 is 3.05 bits per heavy atom. The average Bonchev–Trinajstić information content (AvgIpc) is 3.03. The number of nitrogens with zero attached hydrogens (tertiary/aromatic N) is 2. The highest BCUT2D eigenvalue weighted by Crippen LogP contribution is 2.28. The highest BCUT2D eigenvalue weighted by atomic mass is 32.1. The summed E-state index contributed by atoms with van der Waals surface area (Å²) in [7, 11) is 0. The summed E-state index contributed by atoms with van der Waals surface area (Å²) in [6, 6.07) is 0. The molecule has 1 atom stereocenters. The number of hydrogen-bond acceptors (Lipinski definition) is 7. The lowest BCUT2D eigenvalue weighted by molar-refractivity contribution is 0.0529. The molecule has 0 aromatic carbocycles. The zero-order valence-corrected chi connectivity index (χ0v) is 12.8. The largest absolute Gasteiger partial charge is 0.462 e. The molecule has 3 N–H and O–H groups in total. The third-order valence-corrected chi connectivity index (χ3v) is 4.39. The summed E-state index contributed by atoms with van der Waals surface area (Å²) in [5, 5.41) is 4.03. The van der Waals surface area contributed by atoms with E-state index in [0.29, 0.717) is 18.1 Å². The lowest BCUT2D eigenvalue weighted by atomic mass is 10.1. The van der Waals surface area contributed by atoms with Crippen molar-refractivity contribution in [2.45, 2.75) is 20.3 Å². The summed E-state index contributed by atoms with van der Waals surface area (Å²) in [5.74, 6) is 0.453. The molecule has 0 aliphatic carbocycles. The Bertz CT molecular complexity index is 463. The van der Waals surface area contributed by atoms with E-state index in [1.54, 1.807) is 6.92 Å². The van der Waals surface area contributed by atoms with Gasteiger partial charge in [-0.25, -0.2) is 4.79 Å². The summed E-state index contributed by atoms with van der Waals surface area (Å²) in [6.07, 6.45) is 1.18. The molecule has 0 spiro atoms. The fraction of sp³-hybridized carbons (Fsp3) is 0.692. The number of anilines is 2. The van der Waals surface area contributed by atoms with E-state index in [-0.39, 0.29) is 5.82 Å². The van der Waals surface area contributed by atoms with E-state index >= 15 is 0 Å². The number of nitrogen functional groups attached to an aromatic ring is 1. The van der Waals surface area contributed by atoms with Crippen molar-refractivity contribution in [3.8, 4) is 0 Å². The van der Waals surface area contributed by atoms with Gasteiger partial charge in [-0.15, -0.1) is 0 Å². The van der Waals surface area contributed by atoms with Crippen molar-refractivity contribution in [2.75, 3.05) is 43.8 Å². The highest BCUT2D eigenvalue weighted by Gasteiger charge is 2.24. The van der Waals surface area contributed by atoms with Gasteiger partial charge in [0, 0.05) is 13.1 Å². The predicted octanol–water partition coefficient (Wildman–Crippen LogP) is 1.66. The Kier molecular flexibility index (Phi) is 5.19. The molecular formula is C13H22N4O2S. The van der Waals surface area contributed by atoms with Crippen molar-refractivity contribution in [1.29, 1.82) is 0 Å². The molecule has 1 fully saturated rings. The second-order valence-corrected chi connectivity index (χ2v) is 5.69. The number of carbonyl (C=O) groups excluding carboxylic acids is 1. The summed E-state index contributed by atoms with van der Waals surface area (Å²) in [6.45, 7) is 8.48. The summed E-state index contributed by atoms with van der Waals surface area (Å²) < 4.78 is 9.06. The number of nitrogens with two attached hydrogens (primary N) is 1. The van der Waals surface area contributed by atoms with Gasteiger partial charge < -0.3 is 20.7 Å². The van der Waals surface area contributed by atoms with E-state index < -0.39 is 5.97 Å². The molecule has 1 aromatic rings. The fourth-order valence-corrected chi connectivity index (χ4v) is 3.14. The van der Waals surface area contributed by atoms with Gasteiger partial charge in [-0.05, 0) is 43.9 Å². The molecule has 7 heteroatoms. The van der Waals surface area contributed by atoms with Gasteiger partial charge in [-0.1, -0.05) is 6.92 Å². The second-order valence-electron chi connectivity index (χ2n) is 4.92. The van der Waals surface area contributed by atoms with E-state index in [1.807, 2.05) is 0 Å². The molecule has 1 aliphatic rings. The number of ether oxygens (including phenoxy) is 1. The van der Waals surface area contributed by atoms with Gasteiger partial charge in [0.05, 0.1) is 6.61 Å².